The van der Waals surface area contributed by atoms with Gasteiger partial charge in [-0.05, 0) is 227 Å². The van der Waals surface area contributed by atoms with Crippen molar-refractivity contribution in [1.82, 2.24) is 0 Å². The topological polar surface area (TPSA) is 19.0 Å². The Labute approximate surface area is 570 Å². The highest BCUT2D eigenvalue weighted by atomic mass is 16.5. The van der Waals surface area contributed by atoms with E-state index in [0.29, 0.717) is 0 Å². The van der Waals surface area contributed by atoms with Gasteiger partial charge < -0.3 is 19.4 Å². The van der Waals surface area contributed by atoms with E-state index in [9.17, 15) is 0 Å². The Morgan fingerprint density at radius 1 is 0.379 bits per heavy atom. The Kier molecular flexibility index (Phi) is 14.2. The fourth-order valence-corrected chi connectivity index (χ4v) is 18.1. The molecule has 0 N–H and O–H groups in total. The van der Waals surface area contributed by atoms with Gasteiger partial charge in [0.2, 0.25) is 0 Å². The molecule has 9 aromatic rings. The van der Waals surface area contributed by atoms with Gasteiger partial charge in [-0.1, -0.05) is 241 Å². The number of fused-ring (bicyclic) bond motifs is 9. The predicted octanol–water partition coefficient (Wildman–Crippen LogP) is 22.7. The highest BCUT2D eigenvalue weighted by Gasteiger charge is 2.57. The minimum absolute atomic E-state index is 0.0153. The minimum atomic E-state index is -0.253. The molecule has 2 atom stereocenters. The lowest BCUT2D eigenvalue weighted by Crippen LogP contribution is -2.65. The average molecular weight is 1250 g/mol. The number of anilines is 8. The fraction of sp³-hybridized carbons (Fsp3) is 0.400. The van der Waals surface area contributed by atoms with E-state index in [2.05, 4.69) is 334 Å². The first-order valence-corrected chi connectivity index (χ1v) is 35.9. The largest absolute Gasteiger partial charge is 0.495 e. The molecule has 0 radical (unpaired) electrons. The maximum Gasteiger partial charge on any atom is 0.267 e. The second-order valence-corrected chi connectivity index (χ2v) is 35.7. The Morgan fingerprint density at radius 2 is 0.789 bits per heavy atom. The molecule has 0 bridgehead atoms. The molecule has 6 aliphatic rings. The van der Waals surface area contributed by atoms with Gasteiger partial charge in [0.05, 0.1) is 11.7 Å². The zero-order valence-corrected chi connectivity index (χ0v) is 60.6. The van der Waals surface area contributed by atoms with E-state index < -0.39 is 0 Å². The summed E-state index contributed by atoms with van der Waals surface area (Å²) in [5.74, 6) is 0.994. The molecule has 15 rings (SSSR count). The number of hydrogen-bond acceptors (Lipinski definition) is 4. The van der Waals surface area contributed by atoms with Crippen LogP contribution in [0.1, 0.15) is 243 Å². The SMILES string of the molecule is CC(C)(C)c1ccc2c(c1)C1C(O2)B2c3cc4c(cc3N(c3ccc5c(c3)C(C)(C)CCC5(C)C)c3cc(N(c5ccc(C(C)(C)c6ccccc6)cc5)c5ccc(C(C)(C)c6ccccc6)cc5)cc(c32)N1c1ccc2c(c1)C(C)(C)CCC2(C)C)C(C)(C)CCC4(C)C. The second kappa shape index (κ2) is 21.4. The van der Waals surface area contributed by atoms with Gasteiger partial charge in [0.15, 0.2) is 0 Å². The molecular formula is C90H102BN3O. The lowest BCUT2D eigenvalue weighted by atomic mass is 9.32. The molecule has 5 heteroatoms. The molecule has 486 valence electrons. The van der Waals surface area contributed by atoms with E-state index >= 15 is 0 Å². The molecular weight excluding hydrogens is 1150 g/mol. The Hall–Kier alpha value is -7.76. The molecule has 0 saturated carbocycles. The van der Waals surface area contributed by atoms with Gasteiger partial charge in [0.1, 0.15) is 11.8 Å². The van der Waals surface area contributed by atoms with E-state index in [4.69, 9.17) is 4.74 Å². The van der Waals surface area contributed by atoms with Crippen molar-refractivity contribution in [3.8, 4) is 5.75 Å². The molecule has 3 heterocycles. The summed E-state index contributed by atoms with van der Waals surface area (Å²) in [5.41, 5.74) is 28.2. The second-order valence-electron chi connectivity index (χ2n) is 35.7. The van der Waals surface area contributed by atoms with E-state index in [0.717, 1.165) is 61.3 Å². The molecule has 3 aliphatic carbocycles. The van der Waals surface area contributed by atoms with Crippen molar-refractivity contribution < 1.29 is 4.74 Å². The van der Waals surface area contributed by atoms with Crippen molar-refractivity contribution in [2.24, 2.45) is 0 Å². The predicted molar refractivity (Wildman–Crippen MR) is 405 cm³/mol. The van der Waals surface area contributed by atoms with Crippen molar-refractivity contribution in [2.45, 2.75) is 231 Å². The van der Waals surface area contributed by atoms with Crippen LogP contribution in [0.15, 0.2) is 188 Å². The Morgan fingerprint density at radius 3 is 1.27 bits per heavy atom. The maximum absolute atomic E-state index is 7.91. The van der Waals surface area contributed by atoms with Crippen LogP contribution in [0.4, 0.5) is 45.5 Å². The highest BCUT2D eigenvalue weighted by molar-refractivity contribution is 6.91. The van der Waals surface area contributed by atoms with E-state index in [-0.39, 0.29) is 67.5 Å². The van der Waals surface area contributed by atoms with E-state index in [1.165, 1.54) is 106 Å². The Bertz CT molecular complexity index is 4420. The van der Waals surface area contributed by atoms with Crippen LogP contribution in [0.2, 0.25) is 0 Å². The summed E-state index contributed by atoms with van der Waals surface area (Å²) in [6.07, 6.45) is 6.85. The van der Waals surface area contributed by atoms with E-state index in [1.54, 1.807) is 0 Å². The summed E-state index contributed by atoms with van der Waals surface area (Å²) in [5, 5.41) is 0. The van der Waals surface area contributed by atoms with Gasteiger partial charge in [-0.25, -0.2) is 0 Å². The molecule has 0 fully saturated rings. The van der Waals surface area contributed by atoms with Gasteiger partial charge in [-0.3, -0.25) is 0 Å². The van der Waals surface area contributed by atoms with Crippen LogP contribution < -0.4 is 30.4 Å². The van der Waals surface area contributed by atoms with Crippen molar-refractivity contribution in [2.75, 3.05) is 14.7 Å². The Balaban J connectivity index is 1.07. The van der Waals surface area contributed by atoms with Crippen molar-refractivity contribution in [3.05, 3.63) is 255 Å². The number of ether oxygens (including phenoxy) is 1. The third-order valence-corrected chi connectivity index (χ3v) is 25.0. The number of nitrogens with zero attached hydrogens (tertiary/aromatic N) is 3. The fourth-order valence-electron chi connectivity index (χ4n) is 18.1. The lowest BCUT2D eigenvalue weighted by Gasteiger charge is -2.50. The normalized spacial score (nSPS) is 20.4. The third-order valence-electron chi connectivity index (χ3n) is 25.0. The monoisotopic (exact) mass is 1250 g/mol. The summed E-state index contributed by atoms with van der Waals surface area (Å²) in [7, 11) is 0. The van der Waals surface area contributed by atoms with Crippen LogP contribution in [-0.2, 0) is 48.7 Å². The molecule has 0 spiro atoms. The van der Waals surface area contributed by atoms with Crippen LogP contribution in [0.3, 0.4) is 0 Å². The molecule has 0 saturated heterocycles. The first kappa shape index (κ1) is 63.3. The van der Waals surface area contributed by atoms with Gasteiger partial charge >= 0.3 is 0 Å². The standard InChI is InChI=1S/C90H102BN3O/c1-82(2,3)61-34-43-78-67(50-61)80-81(95-78)91-74-55-72-73(88(14,15)49-48-87(72,12)13)56-75(74)93(64-39-41-68-70(51-64)85(8,9)46-44-83(68,4)5)76-53-66(54-77(79(76)91)94(80)65-40-42-69-71(52-65)86(10,11)47-45-84(69,6)7)92(62-35-30-59(31-36-62)89(16,17)57-26-22-20-23-27-57)63-37-32-60(33-38-63)90(18,19)58-28-24-21-25-29-58/h20-43,50-56,80-81H,44-49H2,1-19H3. The van der Waals surface area contributed by atoms with Crippen LogP contribution in [-0.4, -0.2) is 12.7 Å². The van der Waals surface area contributed by atoms with Crippen LogP contribution in [0.5, 0.6) is 5.75 Å². The molecule has 0 aromatic heterocycles. The van der Waals surface area contributed by atoms with Crippen LogP contribution in [0, 0.1) is 0 Å². The minimum Gasteiger partial charge on any atom is -0.495 e. The van der Waals surface area contributed by atoms with Crippen molar-refractivity contribution in [1.29, 1.82) is 0 Å². The molecule has 3 aliphatic heterocycles. The number of rotatable bonds is 9. The summed E-state index contributed by atoms with van der Waals surface area (Å²) in [4.78, 5) is 8.12. The zero-order chi connectivity index (χ0) is 67.1. The zero-order valence-electron chi connectivity index (χ0n) is 60.6. The quantitative estimate of drug-likeness (QED) is 0.134. The van der Waals surface area contributed by atoms with Crippen LogP contribution >= 0.6 is 0 Å². The number of hydrogen-bond donors (Lipinski definition) is 0. The van der Waals surface area contributed by atoms with E-state index in [1.807, 2.05) is 0 Å². The third kappa shape index (κ3) is 10.1. The van der Waals surface area contributed by atoms with Gasteiger partial charge in [0, 0.05) is 56.2 Å². The summed E-state index contributed by atoms with van der Waals surface area (Å²) in [6.45, 7) is 46.3. The molecule has 0 amide bonds. The summed E-state index contributed by atoms with van der Waals surface area (Å²) in [6, 6.07) is 73.8. The van der Waals surface area contributed by atoms with Crippen molar-refractivity contribution >= 4 is 63.1 Å². The first-order chi connectivity index (χ1) is 44.7. The lowest BCUT2D eigenvalue weighted by molar-refractivity contribution is 0.282. The molecule has 4 nitrogen and oxygen atoms in total. The molecule has 9 aromatic carbocycles. The van der Waals surface area contributed by atoms with Gasteiger partial charge in [-0.2, -0.15) is 0 Å². The smallest absolute Gasteiger partial charge is 0.267 e. The summed E-state index contributed by atoms with van der Waals surface area (Å²) < 4.78 is 7.91. The first-order valence-electron chi connectivity index (χ1n) is 35.9. The van der Waals surface area contributed by atoms with Crippen molar-refractivity contribution in [3.63, 3.8) is 0 Å². The molecule has 95 heavy (non-hydrogen) atoms. The highest BCUT2D eigenvalue weighted by Crippen LogP contribution is 2.59. The van der Waals surface area contributed by atoms with Gasteiger partial charge in [-0.15, -0.1) is 0 Å². The average Bonchev–Trinajstić information content (AvgIpc) is 1.67. The number of benzene rings is 9. The maximum atomic E-state index is 7.91. The summed E-state index contributed by atoms with van der Waals surface area (Å²) >= 11 is 0. The molecule has 2 unspecified atom stereocenters. The van der Waals surface area contributed by atoms with Gasteiger partial charge in [0.25, 0.3) is 6.71 Å². The van der Waals surface area contributed by atoms with Crippen LogP contribution in [0.25, 0.3) is 0 Å².